The first-order valence-electron chi connectivity index (χ1n) is 5.30. The summed E-state index contributed by atoms with van der Waals surface area (Å²) in [7, 11) is -2.94. The van der Waals surface area contributed by atoms with E-state index in [0.717, 1.165) is 10.4 Å². The molecule has 0 radical (unpaired) electrons. The van der Waals surface area contributed by atoms with Crippen molar-refractivity contribution in [2.24, 2.45) is 5.92 Å². The van der Waals surface area contributed by atoms with Crippen molar-refractivity contribution in [3.63, 3.8) is 0 Å². The van der Waals surface area contributed by atoms with Gasteiger partial charge in [0.25, 0.3) is 0 Å². The smallest absolute Gasteiger partial charge is 0.245 e. The van der Waals surface area contributed by atoms with Crippen LogP contribution in [0, 0.1) is 28.9 Å². The third kappa shape index (κ3) is 3.19. The molecule has 0 aliphatic carbocycles. The molecule has 1 unspecified atom stereocenters. The van der Waals surface area contributed by atoms with E-state index in [2.05, 4.69) is 0 Å². The fraction of sp³-hybridized carbons (Fsp3) is 0.364. The molecule has 1 rings (SSSR count). The van der Waals surface area contributed by atoms with Crippen molar-refractivity contribution in [2.75, 3.05) is 19.3 Å². The fourth-order valence-corrected chi connectivity index (χ4v) is 2.77. The Morgan fingerprint density at radius 3 is 2.53 bits per heavy atom. The minimum atomic E-state index is -4.15. The van der Waals surface area contributed by atoms with Gasteiger partial charge in [-0.05, 0) is 13.0 Å². The predicted molar refractivity (Wildman–Crippen MR) is 65.4 cm³/mol. The highest BCUT2D eigenvalue weighted by atomic mass is 32.2. The molecule has 1 aromatic carbocycles. The van der Waals surface area contributed by atoms with Crippen LogP contribution in [0.5, 0.6) is 0 Å². The van der Waals surface area contributed by atoms with Crippen LogP contribution in [0.2, 0.25) is 0 Å². The van der Waals surface area contributed by atoms with Gasteiger partial charge in [-0.25, -0.2) is 17.2 Å². The molecule has 1 aromatic rings. The maximum Gasteiger partial charge on any atom is 0.245 e. The molecule has 19 heavy (non-hydrogen) atoms. The van der Waals surface area contributed by atoms with Crippen LogP contribution in [0.25, 0.3) is 0 Å². The van der Waals surface area contributed by atoms with E-state index in [1.807, 2.05) is 6.07 Å². The van der Waals surface area contributed by atoms with Gasteiger partial charge in [0.15, 0.2) is 0 Å². The zero-order valence-electron chi connectivity index (χ0n) is 10.4. The van der Waals surface area contributed by atoms with Crippen LogP contribution in [0.1, 0.15) is 6.92 Å². The van der Waals surface area contributed by atoms with E-state index in [0.29, 0.717) is 6.07 Å². The first-order chi connectivity index (χ1) is 8.70. The number of nitrogens with zero attached hydrogens (tertiary/aromatic N) is 2. The first kappa shape index (κ1) is 15.3. The van der Waals surface area contributed by atoms with Crippen molar-refractivity contribution in [3.8, 4) is 6.07 Å². The van der Waals surface area contributed by atoms with Crippen molar-refractivity contribution in [1.29, 1.82) is 5.26 Å². The molecule has 0 aliphatic rings. The summed E-state index contributed by atoms with van der Waals surface area (Å²) >= 11 is 0. The standard InChI is InChI=1S/C11H13F2N3O2S/c1-7(5-14)6-16(2)19(17,18)11-4-10(15)8(12)3-9(11)13/h3-4,7H,6,15H2,1-2H3. The van der Waals surface area contributed by atoms with E-state index in [4.69, 9.17) is 11.0 Å². The topological polar surface area (TPSA) is 87.2 Å². The second-order valence-electron chi connectivity index (χ2n) is 4.12. The minimum Gasteiger partial charge on any atom is -0.396 e. The molecule has 0 bridgehead atoms. The number of halogens is 2. The summed E-state index contributed by atoms with van der Waals surface area (Å²) in [6.07, 6.45) is 0. The Hall–Kier alpha value is -1.72. The molecule has 0 saturated carbocycles. The van der Waals surface area contributed by atoms with Gasteiger partial charge in [0, 0.05) is 19.7 Å². The number of rotatable bonds is 4. The lowest BCUT2D eigenvalue weighted by Gasteiger charge is -2.18. The molecular formula is C11H13F2N3O2S. The highest BCUT2D eigenvalue weighted by Gasteiger charge is 2.26. The van der Waals surface area contributed by atoms with E-state index < -0.39 is 38.2 Å². The number of anilines is 1. The molecule has 0 aromatic heterocycles. The van der Waals surface area contributed by atoms with Crippen LogP contribution < -0.4 is 5.73 Å². The van der Waals surface area contributed by atoms with Crippen molar-refractivity contribution in [2.45, 2.75) is 11.8 Å². The lowest BCUT2D eigenvalue weighted by molar-refractivity contribution is 0.434. The number of hydrogen-bond acceptors (Lipinski definition) is 4. The maximum absolute atomic E-state index is 13.5. The predicted octanol–water partition coefficient (Wildman–Crippen LogP) is 1.33. The Balaban J connectivity index is 3.21. The van der Waals surface area contributed by atoms with E-state index in [-0.39, 0.29) is 6.54 Å². The van der Waals surface area contributed by atoms with Crippen LogP contribution >= 0.6 is 0 Å². The summed E-state index contributed by atoms with van der Waals surface area (Å²) in [6.45, 7) is 1.43. The normalized spacial score (nSPS) is 13.3. The van der Waals surface area contributed by atoms with Crippen LogP contribution in [0.4, 0.5) is 14.5 Å². The number of benzene rings is 1. The van der Waals surface area contributed by atoms with Crippen molar-refractivity contribution >= 4 is 15.7 Å². The van der Waals surface area contributed by atoms with E-state index in [1.165, 1.54) is 14.0 Å². The molecule has 1 atom stereocenters. The lowest BCUT2D eigenvalue weighted by atomic mass is 10.2. The summed E-state index contributed by atoms with van der Waals surface area (Å²) < 4.78 is 51.5. The third-order valence-corrected chi connectivity index (χ3v) is 4.33. The van der Waals surface area contributed by atoms with E-state index in [1.54, 1.807) is 0 Å². The molecule has 2 N–H and O–H groups in total. The molecule has 5 nitrogen and oxygen atoms in total. The van der Waals surface area contributed by atoms with Crippen LogP contribution in [-0.4, -0.2) is 26.3 Å². The van der Waals surface area contributed by atoms with Gasteiger partial charge < -0.3 is 5.73 Å². The van der Waals surface area contributed by atoms with Gasteiger partial charge in [-0.15, -0.1) is 0 Å². The van der Waals surface area contributed by atoms with Crippen molar-refractivity contribution < 1.29 is 17.2 Å². The molecule has 0 aliphatic heterocycles. The summed E-state index contributed by atoms with van der Waals surface area (Å²) in [4.78, 5) is -0.709. The lowest BCUT2D eigenvalue weighted by Crippen LogP contribution is -2.31. The minimum absolute atomic E-state index is 0.102. The summed E-state index contributed by atoms with van der Waals surface area (Å²) in [5, 5.41) is 8.64. The van der Waals surface area contributed by atoms with Gasteiger partial charge in [-0.1, -0.05) is 0 Å². The Bertz CT molecular complexity index is 626. The quantitative estimate of drug-likeness (QED) is 0.847. The van der Waals surface area contributed by atoms with Gasteiger partial charge in [0.05, 0.1) is 17.7 Å². The average molecular weight is 289 g/mol. The Kier molecular flexibility index (Phi) is 4.44. The van der Waals surface area contributed by atoms with Crippen molar-refractivity contribution in [1.82, 2.24) is 4.31 Å². The highest BCUT2D eigenvalue weighted by molar-refractivity contribution is 7.89. The fourth-order valence-electron chi connectivity index (χ4n) is 1.44. The maximum atomic E-state index is 13.5. The monoisotopic (exact) mass is 289 g/mol. The highest BCUT2D eigenvalue weighted by Crippen LogP contribution is 2.23. The number of sulfonamides is 1. The Morgan fingerprint density at radius 2 is 2.00 bits per heavy atom. The number of nitrogens with two attached hydrogens (primary N) is 1. The molecular weight excluding hydrogens is 276 g/mol. The zero-order valence-corrected chi connectivity index (χ0v) is 11.2. The summed E-state index contributed by atoms with van der Waals surface area (Å²) in [5.74, 6) is -2.80. The summed E-state index contributed by atoms with van der Waals surface area (Å²) in [6, 6.07) is 3.02. The van der Waals surface area contributed by atoms with Crippen LogP contribution in [0.3, 0.4) is 0 Å². The average Bonchev–Trinajstić information content (AvgIpc) is 2.33. The second kappa shape index (κ2) is 5.50. The van der Waals surface area contributed by atoms with E-state index in [9.17, 15) is 17.2 Å². The molecule has 0 amide bonds. The van der Waals surface area contributed by atoms with Gasteiger partial charge in [-0.3, -0.25) is 0 Å². The molecule has 0 fully saturated rings. The number of nitriles is 1. The largest absolute Gasteiger partial charge is 0.396 e. The molecule has 0 saturated heterocycles. The molecule has 8 heteroatoms. The number of nitrogen functional groups attached to an aromatic ring is 1. The van der Waals surface area contributed by atoms with Gasteiger partial charge in [-0.2, -0.15) is 9.57 Å². The van der Waals surface area contributed by atoms with Gasteiger partial charge >= 0.3 is 0 Å². The first-order valence-corrected chi connectivity index (χ1v) is 6.74. The molecule has 104 valence electrons. The van der Waals surface area contributed by atoms with Gasteiger partial charge in [0.2, 0.25) is 10.0 Å². The second-order valence-corrected chi connectivity index (χ2v) is 6.13. The third-order valence-electron chi connectivity index (χ3n) is 2.49. The number of hydrogen-bond donors (Lipinski definition) is 1. The zero-order chi connectivity index (χ0) is 14.8. The summed E-state index contributed by atoms with van der Waals surface area (Å²) in [5.41, 5.74) is 4.78. The Labute approximate surface area is 110 Å². The molecule has 0 heterocycles. The van der Waals surface area contributed by atoms with Crippen LogP contribution in [0.15, 0.2) is 17.0 Å². The SMILES string of the molecule is CC(C#N)CN(C)S(=O)(=O)c1cc(N)c(F)cc1F. The van der Waals surface area contributed by atoms with Gasteiger partial charge in [0.1, 0.15) is 16.5 Å². The molecule has 0 spiro atoms. The Morgan fingerprint density at radius 1 is 1.42 bits per heavy atom. The van der Waals surface area contributed by atoms with Crippen molar-refractivity contribution in [3.05, 3.63) is 23.8 Å². The van der Waals surface area contributed by atoms with E-state index >= 15 is 0 Å². The van der Waals surface area contributed by atoms with Crippen LogP contribution in [-0.2, 0) is 10.0 Å².